The van der Waals surface area contributed by atoms with Crippen LogP contribution in [0.2, 0.25) is 0 Å². The number of nitrogens with one attached hydrogen (secondary N) is 6. The van der Waals surface area contributed by atoms with Crippen molar-refractivity contribution < 1.29 is 43.4 Å². The van der Waals surface area contributed by atoms with E-state index in [1.165, 1.54) is 51.5 Å². The highest BCUT2D eigenvalue weighted by molar-refractivity contribution is 6.04. The number of aromatic carboxylic acids is 1. The Morgan fingerprint density at radius 1 is 0.648 bits per heavy atom. The molecule has 21 nitrogen and oxygen atoms in total. The van der Waals surface area contributed by atoms with Gasteiger partial charge >= 0.3 is 12.1 Å². The fourth-order valence-corrected chi connectivity index (χ4v) is 4.89. The normalized spacial score (nSPS) is 11.0. The third-order valence-corrected chi connectivity index (χ3v) is 7.31. The van der Waals surface area contributed by atoms with E-state index in [0.717, 1.165) is 0 Å². The van der Waals surface area contributed by atoms with Crippen LogP contribution in [0.15, 0.2) is 36.9 Å². The molecular weight excluding hydrogens is 708 g/mol. The summed E-state index contributed by atoms with van der Waals surface area (Å²) in [4.78, 5) is 94.6. The maximum atomic E-state index is 13.0. The summed E-state index contributed by atoms with van der Waals surface area (Å²) in [6, 6.07) is 2.81. The molecule has 4 aromatic heterocycles. The average molecular weight is 751 g/mol. The molecule has 0 aliphatic heterocycles. The number of aryl methyl sites for hydroxylation is 4. The summed E-state index contributed by atoms with van der Waals surface area (Å²) >= 11 is 0. The van der Waals surface area contributed by atoms with Gasteiger partial charge in [0, 0.05) is 84.9 Å². The van der Waals surface area contributed by atoms with Crippen molar-refractivity contribution in [1.29, 1.82) is 0 Å². The number of hydrogen-bond donors (Lipinski definition) is 7. The molecule has 0 radical (unpaired) electrons. The van der Waals surface area contributed by atoms with E-state index in [-0.39, 0.29) is 60.5 Å². The average Bonchev–Trinajstić information content (AvgIpc) is 3.80. The molecule has 4 aromatic rings. The third kappa shape index (κ3) is 11.0. The minimum absolute atomic E-state index is 0.0104. The molecule has 4 heterocycles. The largest absolute Gasteiger partial charge is 0.477 e. The van der Waals surface area contributed by atoms with Crippen molar-refractivity contribution in [2.75, 3.05) is 33.1 Å². The predicted octanol–water partition coefficient (Wildman–Crippen LogP) is 2.24. The molecule has 0 saturated heterocycles. The quantitative estimate of drug-likeness (QED) is 0.0982. The van der Waals surface area contributed by atoms with Gasteiger partial charge in [0.05, 0.1) is 11.4 Å². The van der Waals surface area contributed by atoms with Gasteiger partial charge in [-0.25, -0.2) is 19.6 Å². The lowest BCUT2D eigenvalue weighted by Crippen LogP contribution is -2.34. The molecule has 4 rings (SSSR count). The highest BCUT2D eigenvalue weighted by Gasteiger charge is 2.21. The van der Waals surface area contributed by atoms with Crippen LogP contribution in [0, 0.1) is 0 Å². The van der Waals surface area contributed by atoms with Crippen molar-refractivity contribution in [3.05, 3.63) is 54.3 Å². The van der Waals surface area contributed by atoms with Gasteiger partial charge in [0.25, 0.3) is 11.8 Å². The lowest BCUT2D eigenvalue weighted by molar-refractivity contribution is -0.121. The van der Waals surface area contributed by atoms with Crippen LogP contribution in [0.4, 0.5) is 33.6 Å². The van der Waals surface area contributed by atoms with Crippen LogP contribution in [-0.4, -0.2) is 87.1 Å². The Hall–Kier alpha value is -6.93. The molecule has 21 heteroatoms. The minimum atomic E-state index is -1.15. The van der Waals surface area contributed by atoms with Crippen LogP contribution < -0.4 is 31.9 Å². The van der Waals surface area contributed by atoms with E-state index in [0.29, 0.717) is 11.5 Å². The van der Waals surface area contributed by atoms with Crippen LogP contribution in [-0.2, 0) is 47.3 Å². The van der Waals surface area contributed by atoms with Crippen LogP contribution in [0.5, 0.6) is 0 Å². The van der Waals surface area contributed by atoms with Gasteiger partial charge in [0.2, 0.25) is 29.4 Å². The predicted molar refractivity (Wildman–Crippen MR) is 194 cm³/mol. The van der Waals surface area contributed by atoms with E-state index >= 15 is 0 Å². The lowest BCUT2D eigenvalue weighted by Gasteiger charge is -2.19. The minimum Gasteiger partial charge on any atom is -0.477 e. The van der Waals surface area contributed by atoms with Crippen molar-refractivity contribution in [2.45, 2.75) is 45.6 Å². The number of nitrogens with zero attached hydrogens (tertiary/aromatic N) is 6. The Morgan fingerprint density at radius 3 is 1.63 bits per heavy atom. The van der Waals surface area contributed by atoms with E-state index in [2.05, 4.69) is 41.9 Å². The van der Waals surface area contributed by atoms with Crippen molar-refractivity contribution in [1.82, 2.24) is 33.6 Å². The van der Waals surface area contributed by atoms with Crippen LogP contribution >= 0.6 is 0 Å². The topological polar surface area (TPSA) is 267 Å². The van der Waals surface area contributed by atoms with Gasteiger partial charge in [-0.15, -0.1) is 0 Å². The van der Waals surface area contributed by atoms with E-state index in [9.17, 15) is 38.7 Å². The maximum absolute atomic E-state index is 13.0. The Morgan fingerprint density at radius 2 is 1.13 bits per heavy atom. The van der Waals surface area contributed by atoms with Gasteiger partial charge in [-0.3, -0.25) is 24.0 Å². The van der Waals surface area contributed by atoms with Gasteiger partial charge in [-0.05, 0) is 26.8 Å². The number of hydrogen-bond acceptors (Lipinski definition) is 10. The van der Waals surface area contributed by atoms with E-state index in [1.54, 1.807) is 52.7 Å². The fraction of sp³-hybridized carbons (Fsp3) is 0.364. The number of alkyl carbamates (subject to hydrolysis) is 1. The molecule has 0 aliphatic carbocycles. The lowest BCUT2D eigenvalue weighted by atomic mass is 10.2. The number of amides is 6. The van der Waals surface area contributed by atoms with Gasteiger partial charge in [0.15, 0.2) is 11.6 Å². The number of aromatic nitrogens is 6. The summed E-state index contributed by atoms with van der Waals surface area (Å²) < 4.78 is 10.8. The zero-order chi connectivity index (χ0) is 39.9. The van der Waals surface area contributed by atoms with E-state index < -0.39 is 47.2 Å². The number of anilines is 5. The number of ether oxygens (including phenoxy) is 1. The molecule has 0 unspecified atom stereocenters. The Labute approximate surface area is 308 Å². The smallest absolute Gasteiger partial charge is 0.407 e. The molecular formula is C33H42N12O9. The first-order valence-electron chi connectivity index (χ1n) is 16.4. The van der Waals surface area contributed by atoms with E-state index in [1.807, 2.05) is 0 Å². The van der Waals surface area contributed by atoms with Gasteiger partial charge in [0.1, 0.15) is 17.1 Å². The van der Waals surface area contributed by atoms with Crippen LogP contribution in [0.25, 0.3) is 0 Å². The molecule has 288 valence electrons. The molecule has 0 saturated carbocycles. The maximum Gasteiger partial charge on any atom is 0.407 e. The summed E-state index contributed by atoms with van der Waals surface area (Å²) in [7, 11) is 6.28. The third-order valence-electron chi connectivity index (χ3n) is 7.31. The van der Waals surface area contributed by atoms with Gasteiger partial charge in [-0.1, -0.05) is 0 Å². The molecule has 7 N–H and O–H groups in total. The van der Waals surface area contributed by atoms with Crippen molar-refractivity contribution in [2.24, 2.45) is 28.2 Å². The van der Waals surface area contributed by atoms with Gasteiger partial charge < -0.3 is 60.0 Å². The number of carboxylic acids is 1. The molecule has 0 aromatic carbocycles. The highest BCUT2D eigenvalue weighted by Crippen LogP contribution is 2.20. The number of carboxylic acid groups (broad SMARTS) is 1. The highest BCUT2D eigenvalue weighted by atomic mass is 16.6. The fourth-order valence-electron chi connectivity index (χ4n) is 4.89. The van der Waals surface area contributed by atoms with Crippen molar-refractivity contribution in [3.63, 3.8) is 0 Å². The van der Waals surface area contributed by atoms with Gasteiger partial charge in [-0.2, -0.15) is 0 Å². The van der Waals surface area contributed by atoms with Crippen molar-refractivity contribution in [3.8, 4) is 0 Å². The molecule has 0 fully saturated rings. The molecule has 0 aliphatic rings. The zero-order valence-corrected chi connectivity index (χ0v) is 30.7. The first-order valence-corrected chi connectivity index (χ1v) is 16.4. The first-order chi connectivity index (χ1) is 25.3. The van der Waals surface area contributed by atoms with Crippen molar-refractivity contribution >= 4 is 70.4 Å². The Kier molecular flexibility index (Phi) is 12.3. The van der Waals surface area contributed by atoms with Crippen LogP contribution in [0.1, 0.15) is 71.8 Å². The summed E-state index contributed by atoms with van der Waals surface area (Å²) in [6.07, 6.45) is 4.75. The first kappa shape index (κ1) is 39.8. The second kappa shape index (κ2) is 16.6. The van der Waals surface area contributed by atoms with E-state index in [4.69, 9.17) is 4.74 Å². The molecule has 6 amide bonds. The SMILES string of the molecule is Cn1cc(NC(=O)c2nc(NC(=O)CCNC(=O)OC(C)(C)C)cn2C)cc1NC(=O)CCC(=O)Nc1cn(C)c(C(=O)Nc2cc(C(=O)O)n(C)c2)n1. The molecule has 0 spiro atoms. The number of imidazole rings is 2. The Balaban J connectivity index is 1.23. The number of carbonyl (C=O) groups excluding carboxylic acids is 6. The molecule has 0 atom stereocenters. The summed E-state index contributed by atoms with van der Waals surface area (Å²) in [6.45, 7) is 5.20. The summed E-state index contributed by atoms with van der Waals surface area (Å²) in [5.41, 5.74) is -0.106. The monoisotopic (exact) mass is 750 g/mol. The number of carbonyl (C=O) groups is 7. The second-order valence-electron chi connectivity index (χ2n) is 13.1. The standard InChI is InChI=1S/C33H42N12O9/c1-33(2,3)54-32(53)34-11-10-26(48)38-22-17-45(7)28(40-22)30(50)36-19-13-23(43(5)15-19)41-25(47)9-8-24(46)37-21-16-44(6)27(39-21)29(49)35-18-12-20(31(51)52)42(4)14-18/h12-17H,8-11H2,1-7H3,(H,34,53)(H,35,49)(H,36,50)(H,37,46)(H,38,48)(H,41,47)(H,51,52). The molecule has 54 heavy (non-hydrogen) atoms. The zero-order valence-electron chi connectivity index (χ0n) is 30.7. The van der Waals surface area contributed by atoms with Crippen LogP contribution in [0.3, 0.4) is 0 Å². The molecule has 0 bridgehead atoms. The summed E-state index contributed by atoms with van der Waals surface area (Å²) in [5, 5.41) is 24.7. The number of rotatable bonds is 14. The Bertz CT molecular complexity index is 2100. The summed E-state index contributed by atoms with van der Waals surface area (Å²) in [5.74, 6) is -3.36. The second-order valence-corrected chi connectivity index (χ2v) is 13.1.